The van der Waals surface area contributed by atoms with E-state index in [0.29, 0.717) is 11.3 Å². The topological polar surface area (TPSA) is 174 Å². The number of hydrogen-bond acceptors (Lipinski definition) is 8. The molecule has 3 aromatic rings. The van der Waals surface area contributed by atoms with Gasteiger partial charge in [-0.2, -0.15) is 5.10 Å². The Bertz CT molecular complexity index is 1400. The lowest BCUT2D eigenvalue weighted by Gasteiger charge is -2.09. The third kappa shape index (κ3) is 5.58. The summed E-state index contributed by atoms with van der Waals surface area (Å²) in [4.78, 5) is 32.3. The number of carbonyl (C=O) groups is 1. The Balaban J connectivity index is 1.72. The fourth-order valence-corrected chi connectivity index (χ4v) is 4.08. The number of nitrogens with zero attached hydrogens (tertiary/aromatic N) is 3. The van der Waals surface area contributed by atoms with Crippen molar-refractivity contribution in [3.8, 4) is 0 Å². The zero-order valence-corrected chi connectivity index (χ0v) is 18.4. The molecule has 174 valence electrons. The number of anilines is 1. The second kappa shape index (κ2) is 9.87. The number of nitro benzene ring substituents is 2. The van der Waals surface area contributed by atoms with Crippen LogP contribution >= 0.6 is 0 Å². The Hall–Kier alpha value is -4.65. The van der Waals surface area contributed by atoms with Gasteiger partial charge >= 0.3 is 0 Å². The monoisotopic (exact) mass is 483 g/mol. The van der Waals surface area contributed by atoms with E-state index in [1.165, 1.54) is 54.6 Å². The van der Waals surface area contributed by atoms with Crippen LogP contribution in [0.1, 0.15) is 22.8 Å². The van der Waals surface area contributed by atoms with Crippen LogP contribution in [0.15, 0.2) is 82.8 Å². The van der Waals surface area contributed by atoms with Crippen LogP contribution in [-0.2, 0) is 10.0 Å². The smallest absolute Gasteiger partial charge is 0.279 e. The standard InChI is InChI=1S/C21H17N5O7S/c1-14(22-23-21(27)16-5-4-6-18(13-16)25(28)29)15-9-11-17(12-10-15)24-34(32,33)20-8-3-2-7-19(20)26(30)31/h2-13,24H,1H3,(H,23,27)/b22-14+. The Morgan fingerprint density at radius 2 is 1.56 bits per heavy atom. The summed E-state index contributed by atoms with van der Waals surface area (Å²) in [6.45, 7) is 1.60. The molecular formula is C21H17N5O7S. The number of benzene rings is 3. The van der Waals surface area contributed by atoms with E-state index in [2.05, 4.69) is 15.2 Å². The molecule has 0 aliphatic carbocycles. The van der Waals surface area contributed by atoms with E-state index >= 15 is 0 Å². The second-order valence-electron chi connectivity index (χ2n) is 6.85. The van der Waals surface area contributed by atoms with Crippen molar-refractivity contribution in [1.29, 1.82) is 0 Å². The number of nitrogens with one attached hydrogen (secondary N) is 2. The molecule has 34 heavy (non-hydrogen) atoms. The van der Waals surface area contributed by atoms with Gasteiger partial charge in [0.15, 0.2) is 4.90 Å². The lowest BCUT2D eigenvalue weighted by atomic mass is 10.1. The van der Waals surface area contributed by atoms with Crippen molar-refractivity contribution in [1.82, 2.24) is 5.43 Å². The molecule has 0 unspecified atom stereocenters. The van der Waals surface area contributed by atoms with Crippen LogP contribution < -0.4 is 10.1 Å². The van der Waals surface area contributed by atoms with Crippen molar-refractivity contribution in [3.63, 3.8) is 0 Å². The summed E-state index contributed by atoms with van der Waals surface area (Å²) in [5.74, 6) is -0.642. The van der Waals surface area contributed by atoms with Crippen LogP contribution in [-0.4, -0.2) is 29.9 Å². The van der Waals surface area contributed by atoms with Gasteiger partial charge in [0.25, 0.3) is 27.3 Å². The number of carbonyl (C=O) groups excluding carboxylic acids is 1. The fraction of sp³-hybridized carbons (Fsp3) is 0.0476. The number of sulfonamides is 1. The zero-order valence-electron chi connectivity index (χ0n) is 17.5. The van der Waals surface area contributed by atoms with Crippen LogP contribution in [0, 0.1) is 20.2 Å². The van der Waals surface area contributed by atoms with Gasteiger partial charge < -0.3 is 0 Å². The Morgan fingerprint density at radius 1 is 0.882 bits per heavy atom. The molecule has 3 aromatic carbocycles. The predicted octanol–water partition coefficient (Wildman–Crippen LogP) is 3.46. The summed E-state index contributed by atoms with van der Waals surface area (Å²) < 4.78 is 27.5. The second-order valence-corrected chi connectivity index (χ2v) is 8.50. The highest BCUT2D eigenvalue weighted by Gasteiger charge is 2.25. The van der Waals surface area contributed by atoms with Crippen molar-refractivity contribution < 1.29 is 23.1 Å². The van der Waals surface area contributed by atoms with Crippen LogP contribution in [0.25, 0.3) is 0 Å². The molecule has 0 heterocycles. The molecule has 1 amide bonds. The van der Waals surface area contributed by atoms with Gasteiger partial charge in [0.1, 0.15) is 0 Å². The molecule has 3 rings (SSSR count). The SMILES string of the molecule is C/C(=N\NC(=O)c1cccc([N+](=O)[O-])c1)c1ccc(NS(=O)(=O)c2ccccc2[N+](=O)[O-])cc1. The number of hydrazone groups is 1. The number of rotatable bonds is 8. The number of para-hydroxylation sites is 1. The first-order valence-electron chi connectivity index (χ1n) is 9.54. The summed E-state index contributed by atoms with van der Waals surface area (Å²) >= 11 is 0. The minimum atomic E-state index is -4.21. The van der Waals surface area contributed by atoms with Gasteiger partial charge in [0, 0.05) is 29.4 Å². The average molecular weight is 483 g/mol. The predicted molar refractivity (Wildman–Crippen MR) is 123 cm³/mol. The molecule has 0 bridgehead atoms. The van der Waals surface area contributed by atoms with Gasteiger partial charge in [-0.1, -0.05) is 30.3 Å². The van der Waals surface area contributed by atoms with Crippen LogP contribution in [0.2, 0.25) is 0 Å². The van der Waals surface area contributed by atoms with E-state index in [0.717, 1.165) is 18.2 Å². The molecule has 0 saturated carbocycles. The number of amides is 1. The van der Waals surface area contributed by atoms with Crippen molar-refractivity contribution in [3.05, 3.63) is 104 Å². The summed E-state index contributed by atoms with van der Waals surface area (Å²) in [5.41, 5.74) is 2.68. The minimum absolute atomic E-state index is 0.0607. The first-order chi connectivity index (χ1) is 16.1. The van der Waals surface area contributed by atoms with Crippen molar-refractivity contribution in [2.75, 3.05) is 4.72 Å². The highest BCUT2D eigenvalue weighted by molar-refractivity contribution is 7.92. The zero-order chi connectivity index (χ0) is 24.9. The lowest BCUT2D eigenvalue weighted by Crippen LogP contribution is -2.19. The molecule has 0 aliphatic rings. The molecule has 0 atom stereocenters. The molecule has 12 nitrogen and oxygen atoms in total. The maximum atomic E-state index is 12.6. The minimum Gasteiger partial charge on any atom is -0.279 e. The molecule has 2 N–H and O–H groups in total. The van der Waals surface area contributed by atoms with Crippen LogP contribution in [0.4, 0.5) is 17.1 Å². The lowest BCUT2D eigenvalue weighted by molar-refractivity contribution is -0.387. The third-order valence-corrected chi connectivity index (χ3v) is 5.98. The maximum Gasteiger partial charge on any atom is 0.289 e. The normalized spacial score (nSPS) is 11.5. The third-order valence-electron chi connectivity index (χ3n) is 4.55. The Labute approximate surface area is 193 Å². The fourth-order valence-electron chi connectivity index (χ4n) is 2.85. The van der Waals surface area contributed by atoms with Crippen molar-refractivity contribution >= 4 is 38.7 Å². The maximum absolute atomic E-state index is 12.6. The summed E-state index contributed by atoms with van der Waals surface area (Å²) in [6.07, 6.45) is 0. The molecule has 0 aromatic heterocycles. The summed E-state index contributed by atoms with van der Waals surface area (Å²) in [5, 5.41) is 25.9. The Kier molecular flexibility index (Phi) is 6.97. The van der Waals surface area contributed by atoms with E-state index in [9.17, 15) is 33.4 Å². The highest BCUT2D eigenvalue weighted by atomic mass is 32.2. The molecule has 13 heteroatoms. The first-order valence-corrected chi connectivity index (χ1v) is 11.0. The molecule has 0 spiro atoms. The van der Waals surface area contributed by atoms with Gasteiger partial charge in [-0.05, 0) is 36.8 Å². The van der Waals surface area contributed by atoms with Crippen LogP contribution in [0.5, 0.6) is 0 Å². The molecule has 0 aliphatic heterocycles. The highest BCUT2D eigenvalue weighted by Crippen LogP contribution is 2.25. The molecule has 0 fully saturated rings. The summed E-state index contributed by atoms with van der Waals surface area (Å²) in [6, 6.07) is 16.1. The van der Waals surface area contributed by atoms with Gasteiger partial charge in [-0.25, -0.2) is 13.8 Å². The molecular weight excluding hydrogens is 466 g/mol. The van der Waals surface area contributed by atoms with E-state index in [1.807, 2.05) is 0 Å². The molecule has 0 radical (unpaired) electrons. The Morgan fingerprint density at radius 3 is 2.21 bits per heavy atom. The van der Waals surface area contributed by atoms with E-state index in [-0.39, 0.29) is 16.9 Å². The van der Waals surface area contributed by atoms with E-state index in [1.54, 1.807) is 6.92 Å². The van der Waals surface area contributed by atoms with Gasteiger partial charge in [-0.15, -0.1) is 0 Å². The van der Waals surface area contributed by atoms with E-state index in [4.69, 9.17) is 0 Å². The first kappa shape index (κ1) is 24.0. The quantitative estimate of drug-likeness (QED) is 0.280. The average Bonchev–Trinajstić information content (AvgIpc) is 2.82. The van der Waals surface area contributed by atoms with E-state index < -0.39 is 36.4 Å². The molecule has 0 saturated heterocycles. The number of hydrogen-bond donors (Lipinski definition) is 2. The van der Waals surface area contributed by atoms with Gasteiger partial charge in [0.2, 0.25) is 0 Å². The van der Waals surface area contributed by atoms with Gasteiger partial charge in [0.05, 0.1) is 15.6 Å². The number of non-ortho nitro benzene ring substituents is 1. The van der Waals surface area contributed by atoms with Crippen molar-refractivity contribution in [2.45, 2.75) is 11.8 Å². The summed E-state index contributed by atoms with van der Waals surface area (Å²) in [7, 11) is -4.21. The largest absolute Gasteiger partial charge is 0.289 e. The van der Waals surface area contributed by atoms with Crippen LogP contribution in [0.3, 0.4) is 0 Å². The van der Waals surface area contributed by atoms with Crippen molar-refractivity contribution in [2.24, 2.45) is 5.10 Å². The number of nitro groups is 2. The van der Waals surface area contributed by atoms with Gasteiger partial charge in [-0.3, -0.25) is 29.7 Å².